The van der Waals surface area contributed by atoms with Crippen LogP contribution in [0.2, 0.25) is 0 Å². The minimum absolute atomic E-state index is 0.0290. The summed E-state index contributed by atoms with van der Waals surface area (Å²) in [5, 5.41) is 2.83. The maximum atomic E-state index is 11.5. The standard InChI is InChI=1S/C22H28N6O2S/c29-20-7-5-17-6-8-21(25-22(17)24-20)30-15-2-1-9-26-11-13-27(14-12-26)18-4-3-10-28-19(18)16-23-31-28/h3-4,6,8,10,16,23H,1-2,5,7,9,11-15H2,(H,24,25,29). The molecular weight excluding hydrogens is 412 g/mol. The van der Waals surface area contributed by atoms with E-state index in [1.54, 1.807) is 12.1 Å². The summed E-state index contributed by atoms with van der Waals surface area (Å²) in [6, 6.07) is 3.91. The number of rotatable bonds is 7. The predicted molar refractivity (Wildman–Crippen MR) is 122 cm³/mol. The van der Waals surface area contributed by atoms with Crippen LogP contribution in [0.4, 0.5) is 5.82 Å². The van der Waals surface area contributed by atoms with E-state index in [0.29, 0.717) is 24.7 Å². The fourth-order valence-electron chi connectivity index (χ4n) is 4.24. The van der Waals surface area contributed by atoms with Gasteiger partial charge in [-0.05, 0) is 49.6 Å². The zero-order valence-corrected chi connectivity index (χ0v) is 18.4. The first-order chi connectivity index (χ1) is 15.3. The van der Waals surface area contributed by atoms with Crippen molar-refractivity contribution >= 4 is 23.9 Å². The normalized spacial score (nSPS) is 20.5. The molecular formula is C22H28N6O2S. The molecule has 4 aliphatic rings. The summed E-state index contributed by atoms with van der Waals surface area (Å²) < 4.78 is 11.2. The van der Waals surface area contributed by atoms with Gasteiger partial charge in [-0.2, -0.15) is 4.98 Å². The van der Waals surface area contributed by atoms with Crippen LogP contribution in [-0.2, 0) is 11.2 Å². The van der Waals surface area contributed by atoms with E-state index < -0.39 is 0 Å². The van der Waals surface area contributed by atoms with Crippen molar-refractivity contribution in [2.24, 2.45) is 0 Å². The largest absolute Gasteiger partial charge is 0.478 e. The second-order valence-electron chi connectivity index (χ2n) is 8.05. The molecule has 31 heavy (non-hydrogen) atoms. The summed E-state index contributed by atoms with van der Waals surface area (Å²) in [7, 11) is 0. The maximum absolute atomic E-state index is 11.5. The van der Waals surface area contributed by atoms with Gasteiger partial charge in [0.15, 0.2) is 0 Å². The highest BCUT2D eigenvalue weighted by Crippen LogP contribution is 2.32. The number of nitrogens with one attached hydrogen (secondary N) is 2. The fraction of sp³-hybridized carbons (Fsp3) is 0.455. The molecule has 0 radical (unpaired) electrons. The number of piperazine rings is 1. The van der Waals surface area contributed by atoms with Gasteiger partial charge in [-0.1, -0.05) is 0 Å². The molecule has 2 N–H and O–H groups in total. The van der Waals surface area contributed by atoms with Gasteiger partial charge < -0.3 is 19.7 Å². The number of carbonyl (C=O) groups excluding carboxylic acids is 1. The van der Waals surface area contributed by atoms with Gasteiger partial charge in [0.1, 0.15) is 5.82 Å². The van der Waals surface area contributed by atoms with Gasteiger partial charge in [0.25, 0.3) is 0 Å². The molecule has 0 aromatic carbocycles. The van der Waals surface area contributed by atoms with Gasteiger partial charge in [-0.15, -0.1) is 0 Å². The number of fused-ring (bicyclic) bond motifs is 2. The number of ether oxygens (including phenoxy) is 1. The molecule has 1 aromatic heterocycles. The van der Waals surface area contributed by atoms with E-state index in [2.05, 4.69) is 53.7 Å². The maximum Gasteiger partial charge on any atom is 0.225 e. The van der Waals surface area contributed by atoms with E-state index in [4.69, 9.17) is 4.74 Å². The lowest BCUT2D eigenvalue weighted by atomic mass is 10.1. The lowest BCUT2D eigenvalue weighted by Gasteiger charge is -2.38. The zero-order chi connectivity index (χ0) is 21.0. The van der Waals surface area contributed by atoms with E-state index >= 15 is 0 Å². The summed E-state index contributed by atoms with van der Waals surface area (Å²) in [5.74, 6) is 1.27. The Hall–Kier alpha value is -2.65. The first kappa shape index (κ1) is 20.3. The number of anilines is 1. The number of hydrogen-bond acceptors (Lipinski definition) is 8. The molecule has 0 aliphatic carbocycles. The first-order valence-corrected chi connectivity index (χ1v) is 11.7. The molecule has 5 rings (SSSR count). The molecule has 4 aliphatic heterocycles. The lowest BCUT2D eigenvalue weighted by molar-refractivity contribution is -0.116. The summed E-state index contributed by atoms with van der Waals surface area (Å²) in [4.78, 5) is 21.0. The van der Waals surface area contributed by atoms with Gasteiger partial charge in [0.05, 0.1) is 30.1 Å². The van der Waals surface area contributed by atoms with Gasteiger partial charge in [0.2, 0.25) is 11.8 Å². The van der Waals surface area contributed by atoms with Crippen molar-refractivity contribution in [2.45, 2.75) is 25.7 Å². The minimum Gasteiger partial charge on any atom is -0.478 e. The average Bonchev–Trinajstić information content (AvgIpc) is 3.28. The average molecular weight is 441 g/mol. The molecule has 1 amide bonds. The van der Waals surface area contributed by atoms with Crippen LogP contribution in [0, 0.1) is 0 Å². The van der Waals surface area contributed by atoms with Gasteiger partial charge >= 0.3 is 0 Å². The van der Waals surface area contributed by atoms with Crippen molar-refractivity contribution in [3.8, 4) is 5.88 Å². The van der Waals surface area contributed by atoms with Crippen molar-refractivity contribution in [2.75, 3.05) is 44.6 Å². The summed E-state index contributed by atoms with van der Waals surface area (Å²) in [6.45, 7) is 6.01. The van der Waals surface area contributed by atoms with Crippen molar-refractivity contribution in [1.29, 1.82) is 0 Å². The highest BCUT2D eigenvalue weighted by atomic mass is 32.2. The van der Waals surface area contributed by atoms with Crippen LogP contribution in [-0.4, -0.2) is 64.3 Å². The molecule has 5 heterocycles. The smallest absolute Gasteiger partial charge is 0.225 e. The van der Waals surface area contributed by atoms with Crippen LogP contribution in [0.15, 0.2) is 48.1 Å². The Morgan fingerprint density at radius 1 is 1.10 bits per heavy atom. The summed E-state index contributed by atoms with van der Waals surface area (Å²) in [5.41, 5.74) is 3.63. The van der Waals surface area contributed by atoms with Crippen LogP contribution in [0.25, 0.3) is 0 Å². The number of aryl methyl sites for hydroxylation is 1. The van der Waals surface area contributed by atoms with E-state index in [1.165, 1.54) is 11.4 Å². The third kappa shape index (κ3) is 4.67. The van der Waals surface area contributed by atoms with Gasteiger partial charge in [-0.3, -0.25) is 14.0 Å². The number of nitrogens with zero attached hydrogens (tertiary/aromatic N) is 4. The summed E-state index contributed by atoms with van der Waals surface area (Å²) in [6.07, 6.45) is 11.9. The number of hydrogen-bond donors (Lipinski definition) is 2. The molecule has 0 unspecified atom stereocenters. The Morgan fingerprint density at radius 2 is 2.00 bits per heavy atom. The SMILES string of the molecule is O=C1CCc2ccc(OCCCCN3CCN(C4=CC=CN5SNC=C45)CC3)nc2N1. The highest BCUT2D eigenvalue weighted by molar-refractivity contribution is 7.95. The van der Waals surface area contributed by atoms with Crippen LogP contribution in [0.5, 0.6) is 5.88 Å². The number of carbonyl (C=O) groups is 1. The molecule has 8 nitrogen and oxygen atoms in total. The highest BCUT2D eigenvalue weighted by Gasteiger charge is 2.26. The Labute approximate surface area is 187 Å². The van der Waals surface area contributed by atoms with Crippen LogP contribution >= 0.6 is 12.1 Å². The second kappa shape index (κ2) is 9.23. The molecule has 0 atom stereocenters. The Bertz CT molecular complexity index is 923. The topological polar surface area (TPSA) is 73.0 Å². The zero-order valence-electron chi connectivity index (χ0n) is 17.5. The molecule has 9 heteroatoms. The van der Waals surface area contributed by atoms with Gasteiger partial charge in [-0.25, -0.2) is 0 Å². The third-order valence-electron chi connectivity index (χ3n) is 5.99. The quantitative estimate of drug-likeness (QED) is 0.495. The minimum atomic E-state index is 0.0290. The molecule has 1 saturated heterocycles. The summed E-state index contributed by atoms with van der Waals surface area (Å²) >= 11 is 1.61. The van der Waals surface area contributed by atoms with E-state index in [0.717, 1.165) is 57.5 Å². The van der Waals surface area contributed by atoms with E-state index in [1.807, 2.05) is 12.1 Å². The second-order valence-corrected chi connectivity index (χ2v) is 8.86. The number of pyridine rings is 1. The molecule has 0 saturated carbocycles. The number of aromatic nitrogens is 1. The van der Waals surface area contributed by atoms with Crippen LogP contribution in [0.1, 0.15) is 24.8 Å². The van der Waals surface area contributed by atoms with Crippen molar-refractivity contribution in [1.82, 2.24) is 23.8 Å². The molecule has 0 spiro atoms. The van der Waals surface area contributed by atoms with Crippen molar-refractivity contribution < 1.29 is 9.53 Å². The molecule has 1 aromatic rings. The Morgan fingerprint density at radius 3 is 2.90 bits per heavy atom. The van der Waals surface area contributed by atoms with Crippen LogP contribution < -0.4 is 14.8 Å². The van der Waals surface area contributed by atoms with Gasteiger partial charge in [0, 0.05) is 51.1 Å². The van der Waals surface area contributed by atoms with E-state index in [9.17, 15) is 4.79 Å². The number of allylic oxidation sites excluding steroid dienone is 2. The fourth-order valence-corrected chi connectivity index (χ4v) is 4.90. The molecule has 164 valence electrons. The molecule has 0 bridgehead atoms. The van der Waals surface area contributed by atoms with E-state index in [-0.39, 0.29) is 5.91 Å². The number of amides is 1. The lowest BCUT2D eigenvalue weighted by Crippen LogP contribution is -2.46. The number of unbranched alkanes of at least 4 members (excludes halogenated alkanes) is 1. The van der Waals surface area contributed by atoms with Crippen LogP contribution in [0.3, 0.4) is 0 Å². The monoisotopic (exact) mass is 440 g/mol. The third-order valence-corrected chi connectivity index (χ3v) is 6.72. The Balaban J connectivity index is 1.01. The first-order valence-electron chi connectivity index (χ1n) is 11.0. The Kier molecular flexibility index (Phi) is 6.04. The van der Waals surface area contributed by atoms with Crippen molar-refractivity contribution in [3.05, 3.63) is 53.6 Å². The molecule has 1 fully saturated rings. The predicted octanol–water partition coefficient (Wildman–Crippen LogP) is 2.46. The van der Waals surface area contributed by atoms with Crippen molar-refractivity contribution in [3.63, 3.8) is 0 Å².